The minimum absolute atomic E-state index is 0.146. The molecule has 0 aliphatic carbocycles. The van der Waals surface area contributed by atoms with Crippen molar-refractivity contribution in [2.75, 3.05) is 58.3 Å². The van der Waals surface area contributed by atoms with E-state index in [0.29, 0.717) is 19.5 Å². The molecule has 0 radical (unpaired) electrons. The molecular weight excluding hydrogens is 392 g/mol. The van der Waals surface area contributed by atoms with Crippen LogP contribution in [0.3, 0.4) is 0 Å². The minimum Gasteiger partial charge on any atom is -0.457 e. The van der Waals surface area contributed by atoms with Crippen molar-refractivity contribution in [1.82, 2.24) is 14.7 Å². The molecule has 0 spiro atoms. The highest BCUT2D eigenvalue weighted by molar-refractivity contribution is 5.96. The van der Waals surface area contributed by atoms with Gasteiger partial charge in [-0.15, -0.1) is 0 Å². The number of rotatable bonds is 6. The van der Waals surface area contributed by atoms with Crippen molar-refractivity contribution in [2.24, 2.45) is 0 Å². The van der Waals surface area contributed by atoms with Crippen LogP contribution in [-0.4, -0.2) is 85.9 Å². The Bertz CT molecular complexity index is 893. The molecule has 2 aliphatic rings. The van der Waals surface area contributed by atoms with Crippen LogP contribution in [0.2, 0.25) is 0 Å². The maximum absolute atomic E-state index is 12.7. The van der Waals surface area contributed by atoms with E-state index in [2.05, 4.69) is 4.90 Å². The summed E-state index contributed by atoms with van der Waals surface area (Å²) in [5.41, 5.74) is 0.896. The van der Waals surface area contributed by atoms with Gasteiger partial charge in [-0.2, -0.15) is 0 Å². The van der Waals surface area contributed by atoms with Gasteiger partial charge in [0.1, 0.15) is 11.5 Å². The molecule has 1 unspecified atom stereocenters. The molecule has 4 rings (SSSR count). The van der Waals surface area contributed by atoms with Gasteiger partial charge >= 0.3 is 0 Å². The van der Waals surface area contributed by atoms with E-state index in [1.54, 1.807) is 0 Å². The molecule has 2 saturated heterocycles. The van der Waals surface area contributed by atoms with Crippen molar-refractivity contribution in [2.45, 2.75) is 12.5 Å². The lowest BCUT2D eigenvalue weighted by Gasteiger charge is -2.38. The molecular formula is C24H30N4O3. The first-order valence-electron chi connectivity index (χ1n) is 10.8. The zero-order valence-corrected chi connectivity index (χ0v) is 18.2. The number of hydrogen-bond acceptors (Lipinski definition) is 5. The molecule has 0 saturated carbocycles. The van der Waals surface area contributed by atoms with Crippen LogP contribution in [0.25, 0.3) is 0 Å². The van der Waals surface area contributed by atoms with Crippen molar-refractivity contribution < 1.29 is 14.3 Å². The Balaban J connectivity index is 1.32. The Hall–Kier alpha value is -2.90. The van der Waals surface area contributed by atoms with E-state index < -0.39 is 0 Å². The molecule has 0 bridgehead atoms. The summed E-state index contributed by atoms with van der Waals surface area (Å²) in [6.07, 6.45) is 0.522. The number of nitrogens with zero attached hydrogens (tertiary/aromatic N) is 4. The number of carbonyl (C=O) groups is 2. The number of amides is 2. The average Bonchev–Trinajstić information content (AvgIpc) is 3.16. The van der Waals surface area contributed by atoms with E-state index in [1.807, 2.05) is 83.4 Å². The molecule has 2 aromatic carbocycles. The fourth-order valence-corrected chi connectivity index (χ4v) is 4.21. The molecule has 164 valence electrons. The first kappa shape index (κ1) is 21.3. The maximum atomic E-state index is 12.7. The first-order chi connectivity index (χ1) is 15.0. The zero-order chi connectivity index (χ0) is 21.8. The number of ether oxygens (including phenoxy) is 1. The summed E-state index contributed by atoms with van der Waals surface area (Å²) in [5, 5.41) is 0. The molecule has 2 aliphatic heterocycles. The third-order valence-electron chi connectivity index (χ3n) is 5.87. The SMILES string of the molecule is CN(C)CC(=O)N1CCN(C2CC(=O)N(c3ccc(Oc4ccccc4)cc3)C2)CC1. The van der Waals surface area contributed by atoms with Crippen LogP contribution in [-0.2, 0) is 9.59 Å². The number of anilines is 1. The van der Waals surface area contributed by atoms with Gasteiger partial charge in [-0.05, 0) is 50.5 Å². The van der Waals surface area contributed by atoms with Crippen LogP contribution in [0, 0.1) is 0 Å². The van der Waals surface area contributed by atoms with E-state index in [4.69, 9.17) is 4.74 Å². The number of para-hydroxylation sites is 1. The molecule has 2 heterocycles. The van der Waals surface area contributed by atoms with E-state index in [1.165, 1.54) is 0 Å². The van der Waals surface area contributed by atoms with Crippen molar-refractivity contribution in [3.63, 3.8) is 0 Å². The van der Waals surface area contributed by atoms with Gasteiger partial charge in [-0.25, -0.2) is 0 Å². The molecule has 1 atom stereocenters. The largest absolute Gasteiger partial charge is 0.457 e. The quantitative estimate of drug-likeness (QED) is 0.715. The predicted molar refractivity (Wildman–Crippen MR) is 120 cm³/mol. The molecule has 2 aromatic rings. The third-order valence-corrected chi connectivity index (χ3v) is 5.87. The lowest BCUT2D eigenvalue weighted by Crippen LogP contribution is -2.53. The number of piperazine rings is 1. The Labute approximate surface area is 183 Å². The molecule has 31 heavy (non-hydrogen) atoms. The van der Waals surface area contributed by atoms with Gasteiger partial charge in [0.05, 0.1) is 6.54 Å². The standard InChI is InChI=1S/C24H30N4O3/c1-25(2)18-24(30)27-14-12-26(13-15-27)20-16-23(29)28(17-20)19-8-10-22(11-9-19)31-21-6-4-3-5-7-21/h3-11,20H,12-18H2,1-2H3. The van der Waals surface area contributed by atoms with Crippen LogP contribution in [0.1, 0.15) is 6.42 Å². The maximum Gasteiger partial charge on any atom is 0.236 e. The number of carbonyl (C=O) groups excluding carboxylic acids is 2. The van der Waals surface area contributed by atoms with Crippen LogP contribution < -0.4 is 9.64 Å². The van der Waals surface area contributed by atoms with E-state index in [0.717, 1.165) is 43.4 Å². The number of hydrogen-bond donors (Lipinski definition) is 0. The molecule has 0 aromatic heterocycles. The molecule has 2 amide bonds. The van der Waals surface area contributed by atoms with Gasteiger partial charge in [-0.3, -0.25) is 14.5 Å². The lowest BCUT2D eigenvalue weighted by atomic mass is 10.2. The van der Waals surface area contributed by atoms with Crippen LogP contribution in [0.4, 0.5) is 5.69 Å². The molecule has 7 nitrogen and oxygen atoms in total. The van der Waals surface area contributed by atoms with Gasteiger partial charge in [0.2, 0.25) is 11.8 Å². The van der Waals surface area contributed by atoms with Crippen LogP contribution >= 0.6 is 0 Å². The average molecular weight is 423 g/mol. The van der Waals surface area contributed by atoms with E-state index in [-0.39, 0.29) is 17.9 Å². The molecule has 0 N–H and O–H groups in total. The Kier molecular flexibility index (Phi) is 6.53. The van der Waals surface area contributed by atoms with Crippen LogP contribution in [0.15, 0.2) is 54.6 Å². The van der Waals surface area contributed by atoms with E-state index >= 15 is 0 Å². The second-order valence-corrected chi connectivity index (χ2v) is 8.43. The van der Waals surface area contributed by atoms with Crippen molar-refractivity contribution in [3.8, 4) is 11.5 Å². The Morgan fingerprint density at radius 2 is 1.61 bits per heavy atom. The van der Waals surface area contributed by atoms with Crippen molar-refractivity contribution in [3.05, 3.63) is 54.6 Å². The number of likely N-dealkylation sites (N-methyl/N-ethyl adjacent to an activating group) is 1. The van der Waals surface area contributed by atoms with Gasteiger partial charge in [-0.1, -0.05) is 18.2 Å². The summed E-state index contributed by atoms with van der Waals surface area (Å²) >= 11 is 0. The highest BCUT2D eigenvalue weighted by Crippen LogP contribution is 2.28. The second-order valence-electron chi connectivity index (χ2n) is 8.43. The zero-order valence-electron chi connectivity index (χ0n) is 18.2. The van der Waals surface area contributed by atoms with E-state index in [9.17, 15) is 9.59 Å². The normalized spacial score (nSPS) is 19.8. The fourth-order valence-electron chi connectivity index (χ4n) is 4.21. The summed E-state index contributed by atoms with van der Waals surface area (Å²) < 4.78 is 5.85. The Morgan fingerprint density at radius 3 is 2.26 bits per heavy atom. The molecule has 2 fully saturated rings. The second kappa shape index (κ2) is 9.49. The number of benzene rings is 2. The monoisotopic (exact) mass is 422 g/mol. The van der Waals surface area contributed by atoms with Gasteiger partial charge in [0.25, 0.3) is 0 Å². The van der Waals surface area contributed by atoms with Gasteiger partial charge in [0.15, 0.2) is 0 Å². The summed E-state index contributed by atoms with van der Waals surface area (Å²) in [4.78, 5) is 33.0. The first-order valence-corrected chi connectivity index (χ1v) is 10.8. The highest BCUT2D eigenvalue weighted by Gasteiger charge is 2.36. The summed E-state index contributed by atoms with van der Waals surface area (Å²) in [6, 6.07) is 17.5. The van der Waals surface area contributed by atoms with Gasteiger partial charge in [0, 0.05) is 50.9 Å². The molecule has 7 heteroatoms. The summed E-state index contributed by atoms with van der Waals surface area (Å²) in [6.45, 7) is 4.21. The fraction of sp³-hybridized carbons (Fsp3) is 0.417. The third kappa shape index (κ3) is 5.24. The summed E-state index contributed by atoms with van der Waals surface area (Å²) in [7, 11) is 3.82. The van der Waals surface area contributed by atoms with Crippen molar-refractivity contribution >= 4 is 17.5 Å². The van der Waals surface area contributed by atoms with Crippen molar-refractivity contribution in [1.29, 1.82) is 0 Å². The summed E-state index contributed by atoms with van der Waals surface area (Å²) in [5.74, 6) is 1.85. The Morgan fingerprint density at radius 1 is 0.968 bits per heavy atom. The smallest absolute Gasteiger partial charge is 0.236 e. The van der Waals surface area contributed by atoms with Gasteiger partial charge < -0.3 is 19.4 Å². The minimum atomic E-state index is 0.146. The highest BCUT2D eigenvalue weighted by atomic mass is 16.5. The van der Waals surface area contributed by atoms with Crippen LogP contribution in [0.5, 0.6) is 11.5 Å². The predicted octanol–water partition coefficient (Wildman–Crippen LogP) is 2.29. The lowest BCUT2D eigenvalue weighted by molar-refractivity contribution is -0.134. The topological polar surface area (TPSA) is 56.3 Å².